The maximum Gasteiger partial charge on any atom is 0.228 e. The van der Waals surface area contributed by atoms with E-state index >= 15 is 0 Å². The van der Waals surface area contributed by atoms with Crippen molar-refractivity contribution in [3.8, 4) is 0 Å². The summed E-state index contributed by atoms with van der Waals surface area (Å²) in [6.07, 6.45) is 2.91. The van der Waals surface area contributed by atoms with Gasteiger partial charge in [0, 0.05) is 18.8 Å². The highest BCUT2D eigenvalue weighted by atomic mass is 35.5. The van der Waals surface area contributed by atoms with Crippen LogP contribution < -0.4 is 10.6 Å². The van der Waals surface area contributed by atoms with Crippen LogP contribution in [0.3, 0.4) is 0 Å². The van der Waals surface area contributed by atoms with Crippen molar-refractivity contribution < 1.29 is 5.11 Å². The van der Waals surface area contributed by atoms with E-state index in [4.69, 9.17) is 11.6 Å². The summed E-state index contributed by atoms with van der Waals surface area (Å²) in [4.78, 5) is 12.1. The summed E-state index contributed by atoms with van der Waals surface area (Å²) in [6.45, 7) is 4.93. The largest absolute Gasteiger partial charge is 0.387 e. The van der Waals surface area contributed by atoms with Crippen LogP contribution >= 0.6 is 23.4 Å². The molecule has 19 heavy (non-hydrogen) atoms. The average molecular weight is 306 g/mol. The quantitative estimate of drug-likeness (QED) is 0.676. The first-order valence-corrected chi connectivity index (χ1v) is 7.84. The van der Waals surface area contributed by atoms with Gasteiger partial charge in [0.05, 0.1) is 5.60 Å². The number of aliphatic hydroxyl groups is 1. The molecule has 0 spiro atoms. The summed E-state index contributed by atoms with van der Waals surface area (Å²) in [5, 5.41) is 16.2. The third kappa shape index (κ3) is 6.26. The Labute approximate surface area is 122 Å². The Kier molecular flexibility index (Phi) is 6.60. The summed E-state index contributed by atoms with van der Waals surface area (Å²) in [6, 6.07) is 0. The summed E-state index contributed by atoms with van der Waals surface area (Å²) in [5.41, 5.74) is -0.824. The van der Waals surface area contributed by atoms with Gasteiger partial charge in [-0.05, 0) is 31.2 Å². The second-order valence-corrected chi connectivity index (χ2v) is 5.67. The minimum absolute atomic E-state index is 0.126. The Hall–Kier alpha value is -0.790. The molecule has 1 heterocycles. The second kappa shape index (κ2) is 7.72. The lowest BCUT2D eigenvalue weighted by molar-refractivity contribution is 0.0995. The van der Waals surface area contributed by atoms with E-state index in [0.29, 0.717) is 24.2 Å². The lowest BCUT2D eigenvalue weighted by Crippen LogP contribution is -2.36. The van der Waals surface area contributed by atoms with Crippen LogP contribution in [0.1, 0.15) is 20.3 Å². The van der Waals surface area contributed by atoms with E-state index < -0.39 is 5.60 Å². The van der Waals surface area contributed by atoms with Crippen molar-refractivity contribution in [2.24, 2.45) is 0 Å². The highest BCUT2D eigenvalue weighted by Crippen LogP contribution is 2.13. The van der Waals surface area contributed by atoms with Gasteiger partial charge in [0.2, 0.25) is 17.2 Å². The highest BCUT2D eigenvalue weighted by Gasteiger charge is 2.19. The molecule has 1 atom stereocenters. The van der Waals surface area contributed by atoms with E-state index in [-0.39, 0.29) is 5.28 Å². The van der Waals surface area contributed by atoms with E-state index in [0.717, 1.165) is 13.0 Å². The Bertz CT molecular complexity index is 405. The van der Waals surface area contributed by atoms with E-state index in [1.807, 2.05) is 6.26 Å². The number of nitrogens with one attached hydrogen (secondary N) is 2. The van der Waals surface area contributed by atoms with Gasteiger partial charge < -0.3 is 15.7 Å². The Morgan fingerprint density at radius 2 is 1.89 bits per heavy atom. The normalized spacial score (nSPS) is 13.9. The number of nitrogens with zero attached hydrogens (tertiary/aromatic N) is 3. The molecule has 1 unspecified atom stereocenters. The van der Waals surface area contributed by atoms with Crippen LogP contribution in [0.15, 0.2) is 0 Å². The smallest absolute Gasteiger partial charge is 0.228 e. The maximum absolute atomic E-state index is 10.1. The highest BCUT2D eigenvalue weighted by molar-refractivity contribution is 7.98. The van der Waals surface area contributed by atoms with Crippen molar-refractivity contribution in [1.29, 1.82) is 0 Å². The molecule has 0 aliphatic heterocycles. The molecular weight excluding hydrogens is 286 g/mol. The zero-order chi connectivity index (χ0) is 14.3. The molecular formula is C11H20ClN5OS. The van der Waals surface area contributed by atoms with Crippen molar-refractivity contribution >= 4 is 35.3 Å². The first-order chi connectivity index (χ1) is 8.96. The predicted octanol–water partition coefficient (Wildman–Crippen LogP) is 1.87. The molecule has 0 saturated carbocycles. The lowest BCUT2D eigenvalue weighted by Gasteiger charge is -2.22. The molecule has 1 aromatic rings. The van der Waals surface area contributed by atoms with Crippen molar-refractivity contribution in [2.75, 3.05) is 35.7 Å². The molecule has 108 valence electrons. The van der Waals surface area contributed by atoms with Gasteiger partial charge in [-0.25, -0.2) is 0 Å². The Morgan fingerprint density at radius 1 is 1.26 bits per heavy atom. The van der Waals surface area contributed by atoms with E-state index in [9.17, 15) is 5.11 Å². The number of halogens is 1. The molecule has 0 radical (unpaired) electrons. The summed E-state index contributed by atoms with van der Waals surface area (Å²) >= 11 is 7.41. The van der Waals surface area contributed by atoms with Crippen LogP contribution in [0.25, 0.3) is 0 Å². The van der Waals surface area contributed by atoms with Crippen molar-refractivity contribution in [1.82, 2.24) is 15.0 Å². The molecule has 6 nitrogen and oxygen atoms in total. The fourth-order valence-corrected chi connectivity index (χ4v) is 2.26. The lowest BCUT2D eigenvalue weighted by atomic mass is 10.1. The molecule has 1 rings (SSSR count). The summed E-state index contributed by atoms with van der Waals surface area (Å²) in [5.74, 6) is 1.42. The van der Waals surface area contributed by atoms with Gasteiger partial charge in [-0.1, -0.05) is 6.92 Å². The molecule has 0 bridgehead atoms. The second-order valence-electron chi connectivity index (χ2n) is 4.46. The van der Waals surface area contributed by atoms with Crippen LogP contribution in [-0.2, 0) is 0 Å². The van der Waals surface area contributed by atoms with Gasteiger partial charge in [-0.3, -0.25) is 0 Å². The van der Waals surface area contributed by atoms with Crippen LogP contribution in [-0.4, -0.2) is 50.8 Å². The van der Waals surface area contributed by atoms with Crippen LogP contribution in [0.4, 0.5) is 11.9 Å². The van der Waals surface area contributed by atoms with E-state index in [1.165, 1.54) is 0 Å². The van der Waals surface area contributed by atoms with Crippen molar-refractivity contribution in [3.63, 3.8) is 0 Å². The summed E-state index contributed by atoms with van der Waals surface area (Å²) < 4.78 is 0. The molecule has 3 N–H and O–H groups in total. The van der Waals surface area contributed by atoms with Gasteiger partial charge in [0.25, 0.3) is 0 Å². The van der Waals surface area contributed by atoms with E-state index in [1.54, 1.807) is 18.7 Å². The van der Waals surface area contributed by atoms with Gasteiger partial charge >= 0.3 is 0 Å². The molecule has 0 aromatic carbocycles. The minimum Gasteiger partial charge on any atom is -0.387 e. The zero-order valence-electron chi connectivity index (χ0n) is 11.4. The number of hydrogen-bond donors (Lipinski definition) is 3. The fourth-order valence-electron chi connectivity index (χ4n) is 1.38. The van der Waals surface area contributed by atoms with Gasteiger partial charge in [0.15, 0.2) is 0 Å². The number of aromatic nitrogens is 3. The summed E-state index contributed by atoms with van der Waals surface area (Å²) in [7, 11) is 0. The van der Waals surface area contributed by atoms with Gasteiger partial charge in [-0.15, -0.1) is 0 Å². The minimum atomic E-state index is -0.824. The number of anilines is 2. The maximum atomic E-state index is 10.1. The molecule has 1 aromatic heterocycles. The Morgan fingerprint density at radius 3 is 2.47 bits per heavy atom. The number of thioether (sulfide) groups is 1. The third-order valence-electron chi connectivity index (χ3n) is 2.22. The molecule has 0 amide bonds. The van der Waals surface area contributed by atoms with Gasteiger partial charge in [0.1, 0.15) is 0 Å². The van der Waals surface area contributed by atoms with E-state index in [2.05, 4.69) is 32.5 Å². The average Bonchev–Trinajstić information content (AvgIpc) is 2.33. The molecule has 0 saturated heterocycles. The van der Waals surface area contributed by atoms with Crippen LogP contribution in [0, 0.1) is 0 Å². The molecule has 0 aliphatic rings. The first kappa shape index (κ1) is 16.3. The SMILES string of the molecule is CCCNc1nc(Cl)nc(NCC(C)(O)CSC)n1. The molecule has 8 heteroatoms. The van der Waals surface area contributed by atoms with Crippen molar-refractivity contribution in [3.05, 3.63) is 5.28 Å². The molecule has 0 aliphatic carbocycles. The zero-order valence-corrected chi connectivity index (χ0v) is 13.0. The standard InChI is InChI=1S/C11H20ClN5OS/c1-4-5-13-9-15-8(12)16-10(17-9)14-6-11(2,18)7-19-3/h18H,4-7H2,1-3H3,(H2,13,14,15,16,17). The number of rotatable bonds is 8. The fraction of sp³-hybridized carbons (Fsp3) is 0.727. The molecule has 0 fully saturated rings. The monoisotopic (exact) mass is 305 g/mol. The Balaban J connectivity index is 2.65. The van der Waals surface area contributed by atoms with Crippen LogP contribution in [0.5, 0.6) is 0 Å². The van der Waals surface area contributed by atoms with Crippen LogP contribution in [0.2, 0.25) is 5.28 Å². The number of hydrogen-bond acceptors (Lipinski definition) is 7. The topological polar surface area (TPSA) is 83.0 Å². The van der Waals surface area contributed by atoms with Crippen molar-refractivity contribution in [2.45, 2.75) is 25.9 Å². The third-order valence-corrected chi connectivity index (χ3v) is 3.30. The van der Waals surface area contributed by atoms with Gasteiger partial charge in [-0.2, -0.15) is 26.7 Å². The predicted molar refractivity (Wildman–Crippen MR) is 81.1 cm³/mol. The first-order valence-electron chi connectivity index (χ1n) is 6.07.